The average Bonchev–Trinajstić information content (AvgIpc) is 2.22. The minimum Gasteiger partial charge on any atom is -0.465 e. The van der Waals surface area contributed by atoms with Gasteiger partial charge < -0.3 is 21.6 Å². The predicted octanol–water partition coefficient (Wildman–Crippen LogP) is -0.421. The Bertz CT molecular complexity index is 269. The van der Waals surface area contributed by atoms with Gasteiger partial charge in [-0.2, -0.15) is 0 Å². The molecule has 0 saturated heterocycles. The Morgan fingerprint density at radius 2 is 2.14 bits per heavy atom. The van der Waals surface area contributed by atoms with E-state index in [0.29, 0.717) is 6.54 Å². The first-order chi connectivity index (χ1) is 6.65. The van der Waals surface area contributed by atoms with Crippen molar-refractivity contribution in [3.8, 4) is 0 Å². The topological polar surface area (TPSA) is 102 Å². The van der Waals surface area contributed by atoms with Crippen LogP contribution in [0, 0.1) is 5.41 Å². The molecule has 5 nitrogen and oxygen atoms in total. The van der Waals surface area contributed by atoms with Gasteiger partial charge in [0.25, 0.3) is 0 Å². The standard InChI is InChI=1S/C9H15N3O2/c1-14-9(13)7(3-2-4-10)5-8(12)6-11/h2-3,5,12H,4,6,10-11H2,1H3. The van der Waals surface area contributed by atoms with E-state index in [0.717, 1.165) is 0 Å². The van der Waals surface area contributed by atoms with E-state index < -0.39 is 5.97 Å². The molecule has 0 spiro atoms. The van der Waals surface area contributed by atoms with Gasteiger partial charge in [-0.25, -0.2) is 4.79 Å². The molecule has 0 rings (SSSR count). The Kier molecular flexibility index (Phi) is 6.26. The molecule has 0 aliphatic rings. The van der Waals surface area contributed by atoms with Crippen LogP contribution in [0.5, 0.6) is 0 Å². The van der Waals surface area contributed by atoms with E-state index in [1.54, 1.807) is 6.08 Å². The number of rotatable bonds is 5. The van der Waals surface area contributed by atoms with Crippen molar-refractivity contribution in [2.24, 2.45) is 11.5 Å². The van der Waals surface area contributed by atoms with Gasteiger partial charge in [0.2, 0.25) is 0 Å². The summed E-state index contributed by atoms with van der Waals surface area (Å²) in [6.45, 7) is 0.404. The molecular weight excluding hydrogens is 182 g/mol. The van der Waals surface area contributed by atoms with Crippen molar-refractivity contribution < 1.29 is 9.53 Å². The smallest absolute Gasteiger partial charge is 0.337 e. The zero-order valence-corrected chi connectivity index (χ0v) is 8.12. The van der Waals surface area contributed by atoms with Crippen LogP contribution in [-0.2, 0) is 9.53 Å². The van der Waals surface area contributed by atoms with Crippen LogP contribution >= 0.6 is 0 Å². The highest BCUT2D eigenvalue weighted by molar-refractivity contribution is 6.03. The van der Waals surface area contributed by atoms with Gasteiger partial charge >= 0.3 is 5.97 Å². The van der Waals surface area contributed by atoms with Crippen molar-refractivity contribution in [1.29, 1.82) is 5.41 Å². The first kappa shape index (κ1) is 12.5. The summed E-state index contributed by atoms with van der Waals surface area (Å²) in [7, 11) is 1.28. The van der Waals surface area contributed by atoms with Crippen LogP contribution in [0.15, 0.2) is 23.8 Å². The number of esters is 1. The lowest BCUT2D eigenvalue weighted by Crippen LogP contribution is -2.13. The van der Waals surface area contributed by atoms with Crippen LogP contribution in [0.25, 0.3) is 0 Å². The molecule has 0 aliphatic carbocycles. The molecule has 5 N–H and O–H groups in total. The van der Waals surface area contributed by atoms with Crippen molar-refractivity contribution in [2.75, 3.05) is 20.2 Å². The molecule has 0 aromatic carbocycles. The second-order valence-corrected chi connectivity index (χ2v) is 2.46. The van der Waals surface area contributed by atoms with Gasteiger partial charge in [-0.15, -0.1) is 0 Å². The molecule has 0 radical (unpaired) electrons. The number of carbonyl (C=O) groups excluding carboxylic acids is 1. The third kappa shape index (κ3) is 4.54. The monoisotopic (exact) mass is 197 g/mol. The highest BCUT2D eigenvalue weighted by atomic mass is 16.5. The molecule has 0 bridgehead atoms. The van der Waals surface area contributed by atoms with E-state index in [-0.39, 0.29) is 17.8 Å². The first-order valence-corrected chi connectivity index (χ1v) is 4.09. The third-order valence-electron chi connectivity index (χ3n) is 1.40. The molecule has 0 saturated carbocycles. The quantitative estimate of drug-likeness (QED) is 0.241. The Balaban J connectivity index is 4.71. The van der Waals surface area contributed by atoms with E-state index in [9.17, 15) is 4.79 Å². The van der Waals surface area contributed by atoms with Crippen LogP contribution in [0.4, 0.5) is 0 Å². The molecular formula is C9H15N3O2. The van der Waals surface area contributed by atoms with E-state index in [1.165, 1.54) is 19.3 Å². The largest absolute Gasteiger partial charge is 0.465 e. The minimum atomic E-state index is -0.507. The van der Waals surface area contributed by atoms with Crippen LogP contribution in [0.3, 0.4) is 0 Å². The Morgan fingerprint density at radius 1 is 1.50 bits per heavy atom. The zero-order chi connectivity index (χ0) is 11.0. The van der Waals surface area contributed by atoms with Crippen LogP contribution in [-0.4, -0.2) is 31.9 Å². The number of ether oxygens (including phenoxy) is 1. The summed E-state index contributed by atoms with van der Waals surface area (Å²) in [6, 6.07) is 0. The lowest BCUT2D eigenvalue weighted by atomic mass is 10.2. The number of methoxy groups -OCH3 is 1. The van der Waals surface area contributed by atoms with Crippen molar-refractivity contribution >= 4 is 11.7 Å². The second-order valence-electron chi connectivity index (χ2n) is 2.46. The van der Waals surface area contributed by atoms with Gasteiger partial charge in [-0.3, -0.25) is 0 Å². The SMILES string of the molecule is COC(=O)C(C=CCN)=CC(=N)CN. The van der Waals surface area contributed by atoms with Gasteiger partial charge in [0.1, 0.15) is 0 Å². The van der Waals surface area contributed by atoms with Gasteiger partial charge in [0, 0.05) is 18.8 Å². The average molecular weight is 197 g/mol. The van der Waals surface area contributed by atoms with Gasteiger partial charge in [0.05, 0.1) is 12.7 Å². The molecule has 0 atom stereocenters. The molecule has 0 fully saturated rings. The second kappa shape index (κ2) is 6.99. The van der Waals surface area contributed by atoms with E-state index in [2.05, 4.69) is 4.74 Å². The fourth-order valence-electron chi connectivity index (χ4n) is 0.735. The summed E-state index contributed by atoms with van der Waals surface area (Å²) in [5.74, 6) is -0.507. The van der Waals surface area contributed by atoms with Crippen molar-refractivity contribution in [1.82, 2.24) is 0 Å². The molecule has 5 heteroatoms. The molecule has 14 heavy (non-hydrogen) atoms. The highest BCUT2D eigenvalue weighted by Gasteiger charge is 2.05. The maximum Gasteiger partial charge on any atom is 0.337 e. The number of nitrogens with two attached hydrogens (primary N) is 2. The summed E-state index contributed by atoms with van der Waals surface area (Å²) in [6.07, 6.45) is 4.47. The molecule has 0 aromatic rings. The summed E-state index contributed by atoms with van der Waals surface area (Å²) in [4.78, 5) is 11.1. The minimum absolute atomic E-state index is 0.0803. The van der Waals surface area contributed by atoms with Gasteiger partial charge in [-0.1, -0.05) is 12.2 Å². The maximum atomic E-state index is 11.1. The number of hydrogen-bond donors (Lipinski definition) is 3. The molecule has 0 aromatic heterocycles. The number of nitrogens with one attached hydrogen (secondary N) is 1. The summed E-state index contributed by atoms with van der Waals surface area (Å²) >= 11 is 0. The Morgan fingerprint density at radius 3 is 2.57 bits per heavy atom. The molecule has 0 unspecified atom stereocenters. The van der Waals surface area contributed by atoms with Crippen LogP contribution in [0.1, 0.15) is 0 Å². The number of carbonyl (C=O) groups is 1. The lowest BCUT2D eigenvalue weighted by molar-refractivity contribution is -0.135. The molecule has 0 heterocycles. The van der Waals surface area contributed by atoms with Crippen molar-refractivity contribution in [3.63, 3.8) is 0 Å². The van der Waals surface area contributed by atoms with Gasteiger partial charge in [0.15, 0.2) is 0 Å². The fraction of sp³-hybridized carbons (Fsp3) is 0.333. The van der Waals surface area contributed by atoms with Gasteiger partial charge in [-0.05, 0) is 6.08 Å². The summed E-state index contributed by atoms with van der Waals surface area (Å²) < 4.78 is 4.52. The summed E-state index contributed by atoms with van der Waals surface area (Å²) in [5.41, 5.74) is 10.9. The fourth-order valence-corrected chi connectivity index (χ4v) is 0.735. The van der Waals surface area contributed by atoms with Crippen LogP contribution < -0.4 is 11.5 Å². The van der Waals surface area contributed by atoms with Crippen molar-refractivity contribution in [3.05, 3.63) is 23.8 Å². The maximum absolute atomic E-state index is 11.1. The summed E-state index contributed by atoms with van der Waals surface area (Å²) in [5, 5.41) is 7.30. The molecule has 78 valence electrons. The molecule has 0 aliphatic heterocycles. The first-order valence-electron chi connectivity index (χ1n) is 4.09. The predicted molar refractivity (Wildman–Crippen MR) is 55.1 cm³/mol. The highest BCUT2D eigenvalue weighted by Crippen LogP contribution is 2.00. The Labute approximate surface area is 82.9 Å². The molecule has 0 amide bonds. The van der Waals surface area contributed by atoms with E-state index >= 15 is 0 Å². The number of hydrogen-bond acceptors (Lipinski definition) is 5. The van der Waals surface area contributed by atoms with E-state index in [1.807, 2.05) is 0 Å². The normalized spacial score (nSPS) is 11.8. The lowest BCUT2D eigenvalue weighted by Gasteiger charge is -1.99. The van der Waals surface area contributed by atoms with Crippen LogP contribution in [0.2, 0.25) is 0 Å². The van der Waals surface area contributed by atoms with E-state index in [4.69, 9.17) is 16.9 Å². The third-order valence-corrected chi connectivity index (χ3v) is 1.40. The van der Waals surface area contributed by atoms with Crippen molar-refractivity contribution in [2.45, 2.75) is 0 Å². The Hall–Kier alpha value is -1.46. The zero-order valence-electron chi connectivity index (χ0n) is 8.12.